The summed E-state index contributed by atoms with van der Waals surface area (Å²) in [7, 11) is -3.89. The summed E-state index contributed by atoms with van der Waals surface area (Å²) < 4.78 is 40.5. The number of ether oxygens (including phenoxy) is 2. The standard InChI is InChI=1S/C13H18O7S/c1-4-18-10(15)12-7-9-13(19-12,6-5-8(12)14)11(2,3)20-21(9,16)17/h9H,4-7H2,1-3H3/t9-,12+,13+/m0/s1. The highest BCUT2D eigenvalue weighted by Crippen LogP contribution is 2.59. The molecule has 0 amide bonds. The lowest BCUT2D eigenvalue weighted by Crippen LogP contribution is -2.59. The number of rotatable bonds is 2. The monoisotopic (exact) mass is 318 g/mol. The molecular formula is C13H18O7S. The van der Waals surface area contributed by atoms with Crippen LogP contribution in [0.4, 0.5) is 0 Å². The van der Waals surface area contributed by atoms with Crippen LogP contribution in [0.15, 0.2) is 0 Å². The minimum atomic E-state index is -3.89. The Morgan fingerprint density at radius 3 is 2.71 bits per heavy atom. The molecule has 0 aromatic heterocycles. The molecule has 2 bridgehead atoms. The van der Waals surface area contributed by atoms with E-state index < -0.39 is 43.9 Å². The summed E-state index contributed by atoms with van der Waals surface area (Å²) in [6.45, 7) is 4.95. The van der Waals surface area contributed by atoms with Crippen LogP contribution in [0.1, 0.15) is 40.0 Å². The minimum absolute atomic E-state index is 0.0810. The van der Waals surface area contributed by atoms with Gasteiger partial charge in [0.2, 0.25) is 5.60 Å². The second kappa shape index (κ2) is 4.05. The average Bonchev–Trinajstić information content (AvgIpc) is 2.74. The van der Waals surface area contributed by atoms with Crippen molar-refractivity contribution in [2.24, 2.45) is 0 Å². The van der Waals surface area contributed by atoms with Crippen molar-refractivity contribution in [3.05, 3.63) is 0 Å². The number of hydrogen-bond donors (Lipinski definition) is 0. The Hall–Kier alpha value is -0.990. The van der Waals surface area contributed by atoms with E-state index >= 15 is 0 Å². The molecule has 3 rings (SSSR count). The highest BCUT2D eigenvalue weighted by molar-refractivity contribution is 7.87. The van der Waals surface area contributed by atoms with Crippen molar-refractivity contribution in [2.45, 2.75) is 62.1 Å². The van der Waals surface area contributed by atoms with Crippen LogP contribution in [-0.4, -0.2) is 48.8 Å². The van der Waals surface area contributed by atoms with Gasteiger partial charge in [0, 0.05) is 12.8 Å². The third kappa shape index (κ3) is 1.63. The molecule has 118 valence electrons. The normalized spacial score (nSPS) is 42.6. The van der Waals surface area contributed by atoms with Crippen molar-refractivity contribution in [2.75, 3.05) is 6.61 Å². The minimum Gasteiger partial charge on any atom is -0.464 e. The number of carbonyl (C=O) groups excluding carboxylic acids is 2. The van der Waals surface area contributed by atoms with E-state index in [1.165, 1.54) is 0 Å². The lowest BCUT2D eigenvalue weighted by atomic mass is 9.79. The number of fused-ring (bicyclic) bond motifs is 1. The summed E-state index contributed by atoms with van der Waals surface area (Å²) >= 11 is 0. The van der Waals surface area contributed by atoms with Gasteiger partial charge in [-0.2, -0.15) is 8.42 Å². The fourth-order valence-corrected chi connectivity index (χ4v) is 5.97. The van der Waals surface area contributed by atoms with Crippen molar-refractivity contribution in [3.63, 3.8) is 0 Å². The van der Waals surface area contributed by atoms with Crippen LogP contribution in [0.5, 0.6) is 0 Å². The van der Waals surface area contributed by atoms with E-state index in [9.17, 15) is 18.0 Å². The summed E-state index contributed by atoms with van der Waals surface area (Å²) in [5.74, 6) is -1.21. The van der Waals surface area contributed by atoms with Crippen LogP contribution in [0.25, 0.3) is 0 Å². The van der Waals surface area contributed by atoms with E-state index in [0.717, 1.165) is 0 Å². The first-order valence-corrected chi connectivity index (χ1v) is 8.44. The second-order valence-corrected chi connectivity index (χ2v) is 7.96. The number of Topliss-reactive ketones (excluding diaryl/α,β-unsaturated/α-hetero) is 1. The Balaban J connectivity index is 2.13. The fourth-order valence-electron chi connectivity index (χ4n) is 3.78. The van der Waals surface area contributed by atoms with Crippen LogP contribution >= 0.6 is 0 Å². The van der Waals surface area contributed by atoms with E-state index in [1.807, 2.05) is 0 Å². The molecule has 7 nitrogen and oxygen atoms in total. The molecule has 3 heterocycles. The van der Waals surface area contributed by atoms with Gasteiger partial charge >= 0.3 is 5.97 Å². The van der Waals surface area contributed by atoms with Gasteiger partial charge in [0.1, 0.15) is 16.5 Å². The lowest BCUT2D eigenvalue weighted by molar-refractivity contribution is -0.209. The summed E-state index contributed by atoms with van der Waals surface area (Å²) in [6.07, 6.45) is 0.0813. The maximum absolute atomic E-state index is 12.3. The van der Waals surface area contributed by atoms with Crippen molar-refractivity contribution in [1.29, 1.82) is 0 Å². The van der Waals surface area contributed by atoms with Crippen molar-refractivity contribution in [1.82, 2.24) is 0 Å². The molecule has 3 saturated heterocycles. The maximum atomic E-state index is 12.3. The number of carbonyl (C=O) groups is 2. The first-order chi connectivity index (χ1) is 9.61. The van der Waals surface area contributed by atoms with Gasteiger partial charge in [-0.3, -0.25) is 8.98 Å². The highest BCUT2D eigenvalue weighted by Gasteiger charge is 2.78. The zero-order valence-electron chi connectivity index (χ0n) is 12.2. The Morgan fingerprint density at radius 2 is 2.10 bits per heavy atom. The summed E-state index contributed by atoms with van der Waals surface area (Å²) in [6, 6.07) is 0. The molecule has 21 heavy (non-hydrogen) atoms. The smallest absolute Gasteiger partial charge is 0.346 e. The molecule has 3 aliphatic rings. The Labute approximate surface area is 123 Å². The molecule has 8 heteroatoms. The van der Waals surface area contributed by atoms with E-state index in [4.69, 9.17) is 13.7 Å². The molecule has 0 aliphatic carbocycles. The zero-order valence-corrected chi connectivity index (χ0v) is 13.0. The van der Waals surface area contributed by atoms with E-state index in [2.05, 4.69) is 0 Å². The predicted octanol–water partition coefficient (Wildman–Crippen LogP) is 0.317. The molecule has 3 aliphatic heterocycles. The number of hydrogen-bond acceptors (Lipinski definition) is 7. The summed E-state index contributed by atoms with van der Waals surface area (Å²) in [5.41, 5.74) is -4.09. The van der Waals surface area contributed by atoms with Crippen molar-refractivity contribution >= 4 is 21.9 Å². The van der Waals surface area contributed by atoms with Gasteiger partial charge in [-0.1, -0.05) is 0 Å². The molecule has 0 saturated carbocycles. The van der Waals surface area contributed by atoms with Crippen LogP contribution < -0.4 is 0 Å². The summed E-state index contributed by atoms with van der Waals surface area (Å²) in [4.78, 5) is 24.5. The van der Waals surface area contributed by atoms with Crippen LogP contribution in [0.2, 0.25) is 0 Å². The van der Waals surface area contributed by atoms with Gasteiger partial charge in [0.25, 0.3) is 10.1 Å². The van der Waals surface area contributed by atoms with E-state index in [1.54, 1.807) is 20.8 Å². The fraction of sp³-hybridized carbons (Fsp3) is 0.846. The SMILES string of the molecule is CCOC(=O)[C@@]12C[C@H]3[C@@](CCC1=O)(O2)C(C)(C)OS3(=O)=O. The predicted molar refractivity (Wildman–Crippen MR) is 69.9 cm³/mol. The van der Waals surface area contributed by atoms with Gasteiger partial charge in [-0.05, 0) is 27.2 Å². The molecule has 0 aromatic carbocycles. The lowest BCUT2D eigenvalue weighted by Gasteiger charge is -2.42. The maximum Gasteiger partial charge on any atom is 0.346 e. The molecule has 0 N–H and O–H groups in total. The third-order valence-corrected chi connectivity index (χ3v) is 6.71. The van der Waals surface area contributed by atoms with E-state index in [-0.39, 0.29) is 25.9 Å². The van der Waals surface area contributed by atoms with Gasteiger partial charge in [0.05, 0.1) is 6.61 Å². The first kappa shape index (κ1) is 14.9. The van der Waals surface area contributed by atoms with Crippen LogP contribution in [-0.2, 0) is 33.4 Å². The molecular weight excluding hydrogens is 300 g/mol. The van der Waals surface area contributed by atoms with Gasteiger partial charge < -0.3 is 9.47 Å². The highest BCUT2D eigenvalue weighted by atomic mass is 32.2. The Morgan fingerprint density at radius 1 is 1.43 bits per heavy atom. The molecule has 1 spiro atoms. The van der Waals surface area contributed by atoms with Gasteiger partial charge in [0.15, 0.2) is 5.78 Å². The van der Waals surface area contributed by atoms with Crippen LogP contribution in [0.3, 0.4) is 0 Å². The molecule has 3 fully saturated rings. The third-order valence-electron chi connectivity index (χ3n) is 4.82. The van der Waals surface area contributed by atoms with Gasteiger partial charge in [-0.15, -0.1) is 0 Å². The molecule has 0 radical (unpaired) electrons. The average molecular weight is 318 g/mol. The van der Waals surface area contributed by atoms with Crippen molar-refractivity contribution in [3.8, 4) is 0 Å². The topological polar surface area (TPSA) is 96.0 Å². The number of ketones is 1. The molecule has 0 aromatic rings. The van der Waals surface area contributed by atoms with Gasteiger partial charge in [-0.25, -0.2) is 4.79 Å². The largest absolute Gasteiger partial charge is 0.464 e. The van der Waals surface area contributed by atoms with Crippen molar-refractivity contribution < 1.29 is 31.7 Å². The zero-order chi connectivity index (χ0) is 15.7. The Bertz CT molecular complexity index is 622. The molecule has 3 atom stereocenters. The molecule has 0 unspecified atom stereocenters. The van der Waals surface area contributed by atoms with Crippen LogP contribution in [0, 0.1) is 0 Å². The van der Waals surface area contributed by atoms with E-state index in [0.29, 0.717) is 0 Å². The Kier molecular flexibility index (Phi) is 2.88. The second-order valence-electron chi connectivity index (χ2n) is 6.24. The summed E-state index contributed by atoms with van der Waals surface area (Å²) in [5, 5.41) is -1.02. The quantitative estimate of drug-likeness (QED) is 0.411. The first-order valence-electron chi connectivity index (χ1n) is 6.96. The number of esters is 1.